The van der Waals surface area contributed by atoms with Crippen molar-refractivity contribution in [2.75, 3.05) is 5.43 Å². The predicted octanol–water partition coefficient (Wildman–Crippen LogP) is 3.20. The quantitative estimate of drug-likeness (QED) is 0.668. The van der Waals surface area contributed by atoms with E-state index >= 15 is 0 Å². The van der Waals surface area contributed by atoms with Gasteiger partial charge in [0.15, 0.2) is 5.82 Å². The third kappa shape index (κ3) is 2.88. The highest BCUT2D eigenvalue weighted by Crippen LogP contribution is 2.15. The van der Waals surface area contributed by atoms with Crippen LogP contribution in [0.4, 0.5) is 14.5 Å². The lowest BCUT2D eigenvalue weighted by atomic mass is 10.2. The van der Waals surface area contributed by atoms with Gasteiger partial charge in [0.05, 0.1) is 11.4 Å². The summed E-state index contributed by atoms with van der Waals surface area (Å²) >= 11 is 0. The predicted molar refractivity (Wildman–Crippen MR) is 66.4 cm³/mol. The number of pyridine rings is 1. The van der Waals surface area contributed by atoms with E-state index in [9.17, 15) is 8.78 Å². The van der Waals surface area contributed by atoms with Gasteiger partial charge in [0.1, 0.15) is 5.82 Å². The molecule has 0 unspecified atom stereocenters. The summed E-state index contributed by atoms with van der Waals surface area (Å²) in [5.41, 5.74) is 4.25. The van der Waals surface area contributed by atoms with Crippen LogP contribution < -0.4 is 5.43 Å². The third-order valence-corrected chi connectivity index (χ3v) is 2.37. The van der Waals surface area contributed by atoms with Crippen LogP contribution in [0.3, 0.4) is 0 Å². The minimum Gasteiger partial charge on any atom is -0.275 e. The molecule has 2 aromatic rings. The van der Waals surface area contributed by atoms with Crippen molar-refractivity contribution in [3.8, 4) is 0 Å². The summed E-state index contributed by atoms with van der Waals surface area (Å²) in [6, 6.07) is 6.86. The molecule has 0 atom stereocenters. The Morgan fingerprint density at radius 2 is 1.89 bits per heavy atom. The molecule has 0 saturated heterocycles. The number of hydrazone groups is 1. The van der Waals surface area contributed by atoms with Crippen LogP contribution >= 0.6 is 0 Å². The van der Waals surface area contributed by atoms with Crippen molar-refractivity contribution in [1.82, 2.24) is 4.98 Å². The maximum Gasteiger partial charge on any atom is 0.151 e. The van der Waals surface area contributed by atoms with Crippen LogP contribution in [0.25, 0.3) is 0 Å². The van der Waals surface area contributed by atoms with Crippen molar-refractivity contribution in [1.29, 1.82) is 0 Å². The molecule has 0 aliphatic carbocycles. The van der Waals surface area contributed by atoms with Gasteiger partial charge in [0.2, 0.25) is 0 Å². The molecule has 0 bridgehead atoms. The Kier molecular flexibility index (Phi) is 3.62. The zero-order valence-electron chi connectivity index (χ0n) is 9.69. The molecule has 1 N–H and O–H groups in total. The van der Waals surface area contributed by atoms with Gasteiger partial charge >= 0.3 is 0 Å². The van der Waals surface area contributed by atoms with Crippen molar-refractivity contribution >= 4 is 11.4 Å². The van der Waals surface area contributed by atoms with Crippen molar-refractivity contribution in [2.24, 2.45) is 5.10 Å². The lowest BCUT2D eigenvalue weighted by Crippen LogP contribution is -2.01. The fourth-order valence-electron chi connectivity index (χ4n) is 1.38. The van der Waals surface area contributed by atoms with Gasteiger partial charge in [0, 0.05) is 24.0 Å². The molecule has 18 heavy (non-hydrogen) atoms. The molecule has 1 aromatic carbocycles. The monoisotopic (exact) mass is 247 g/mol. The first kappa shape index (κ1) is 12.2. The Morgan fingerprint density at radius 3 is 2.56 bits per heavy atom. The van der Waals surface area contributed by atoms with E-state index in [1.165, 1.54) is 12.1 Å². The molecule has 5 heteroatoms. The standard InChI is InChI=1S/C13H11F2N3/c1-9(10-4-6-16-7-5-10)17-18-13-3-2-11(14)8-12(13)15/h2-8,18H,1H3/b17-9+. The maximum atomic E-state index is 13.3. The minimum absolute atomic E-state index is 0.129. The van der Waals surface area contributed by atoms with E-state index < -0.39 is 11.6 Å². The van der Waals surface area contributed by atoms with Gasteiger partial charge in [-0.3, -0.25) is 10.4 Å². The van der Waals surface area contributed by atoms with Gasteiger partial charge in [-0.25, -0.2) is 8.78 Å². The lowest BCUT2D eigenvalue weighted by Gasteiger charge is -2.04. The van der Waals surface area contributed by atoms with Crippen LogP contribution in [0.5, 0.6) is 0 Å². The van der Waals surface area contributed by atoms with E-state index in [2.05, 4.69) is 15.5 Å². The van der Waals surface area contributed by atoms with Gasteiger partial charge in [-0.15, -0.1) is 0 Å². The number of anilines is 1. The number of hydrogen-bond donors (Lipinski definition) is 1. The van der Waals surface area contributed by atoms with Gasteiger partial charge in [-0.2, -0.15) is 5.10 Å². The van der Waals surface area contributed by atoms with Crippen molar-refractivity contribution in [2.45, 2.75) is 6.92 Å². The van der Waals surface area contributed by atoms with Crippen LogP contribution in [0, 0.1) is 11.6 Å². The zero-order chi connectivity index (χ0) is 13.0. The van der Waals surface area contributed by atoms with E-state index in [4.69, 9.17) is 0 Å². The summed E-state index contributed by atoms with van der Waals surface area (Å²) in [4.78, 5) is 3.89. The minimum atomic E-state index is -0.679. The summed E-state index contributed by atoms with van der Waals surface area (Å²) in [6.45, 7) is 1.78. The highest BCUT2D eigenvalue weighted by molar-refractivity contribution is 5.98. The third-order valence-electron chi connectivity index (χ3n) is 2.37. The molecule has 92 valence electrons. The molecule has 0 aliphatic heterocycles. The Hall–Kier alpha value is -2.30. The number of rotatable bonds is 3. The molecule has 1 heterocycles. The fraction of sp³-hybridized carbons (Fsp3) is 0.0769. The summed E-state index contributed by atoms with van der Waals surface area (Å²) in [7, 11) is 0. The highest BCUT2D eigenvalue weighted by Gasteiger charge is 2.02. The van der Waals surface area contributed by atoms with E-state index in [1.807, 2.05) is 0 Å². The fourth-order valence-corrected chi connectivity index (χ4v) is 1.38. The first-order chi connectivity index (χ1) is 8.66. The Labute approximate surface area is 103 Å². The molecule has 0 radical (unpaired) electrons. The average Bonchev–Trinajstić information content (AvgIpc) is 2.38. The van der Waals surface area contributed by atoms with Crippen molar-refractivity contribution in [3.63, 3.8) is 0 Å². The largest absolute Gasteiger partial charge is 0.275 e. The molecule has 0 fully saturated rings. The molecule has 0 amide bonds. The average molecular weight is 247 g/mol. The molecule has 0 saturated carbocycles. The maximum absolute atomic E-state index is 13.3. The summed E-state index contributed by atoms with van der Waals surface area (Å²) in [5, 5.41) is 4.03. The Morgan fingerprint density at radius 1 is 1.17 bits per heavy atom. The first-order valence-electron chi connectivity index (χ1n) is 5.32. The highest BCUT2D eigenvalue weighted by atomic mass is 19.1. The van der Waals surface area contributed by atoms with Crippen LogP contribution in [0.15, 0.2) is 47.8 Å². The SMILES string of the molecule is C/C(=N\Nc1ccc(F)cc1F)c1ccncc1. The van der Waals surface area contributed by atoms with Crippen LogP contribution in [0.1, 0.15) is 12.5 Å². The van der Waals surface area contributed by atoms with Crippen molar-refractivity contribution in [3.05, 3.63) is 59.9 Å². The number of benzene rings is 1. The number of nitrogens with zero attached hydrogens (tertiary/aromatic N) is 2. The molecular weight excluding hydrogens is 236 g/mol. The summed E-state index contributed by atoms with van der Waals surface area (Å²) < 4.78 is 26.0. The molecule has 0 spiro atoms. The van der Waals surface area contributed by atoms with E-state index in [-0.39, 0.29) is 5.69 Å². The Balaban J connectivity index is 2.15. The van der Waals surface area contributed by atoms with Gasteiger partial charge in [-0.05, 0) is 31.2 Å². The van der Waals surface area contributed by atoms with Gasteiger partial charge in [-0.1, -0.05) is 0 Å². The van der Waals surface area contributed by atoms with Gasteiger partial charge in [0.25, 0.3) is 0 Å². The molecule has 0 aliphatic rings. The van der Waals surface area contributed by atoms with E-state index in [0.29, 0.717) is 5.71 Å². The van der Waals surface area contributed by atoms with Crippen LogP contribution in [-0.4, -0.2) is 10.7 Å². The summed E-state index contributed by atoms with van der Waals surface area (Å²) in [5.74, 6) is -1.30. The van der Waals surface area contributed by atoms with E-state index in [0.717, 1.165) is 11.6 Å². The number of halogens is 2. The van der Waals surface area contributed by atoms with Crippen LogP contribution in [-0.2, 0) is 0 Å². The number of aromatic nitrogens is 1. The summed E-state index contributed by atoms with van der Waals surface area (Å²) in [6.07, 6.45) is 3.29. The zero-order valence-corrected chi connectivity index (χ0v) is 9.69. The lowest BCUT2D eigenvalue weighted by molar-refractivity contribution is 0.585. The first-order valence-corrected chi connectivity index (χ1v) is 5.32. The van der Waals surface area contributed by atoms with Crippen LogP contribution in [0.2, 0.25) is 0 Å². The Bertz CT molecular complexity index is 568. The second-order valence-corrected chi connectivity index (χ2v) is 3.67. The number of hydrogen-bond acceptors (Lipinski definition) is 3. The van der Waals surface area contributed by atoms with Crippen molar-refractivity contribution < 1.29 is 8.78 Å². The second-order valence-electron chi connectivity index (χ2n) is 3.67. The van der Waals surface area contributed by atoms with E-state index in [1.54, 1.807) is 31.5 Å². The molecule has 1 aromatic heterocycles. The molecule has 2 rings (SSSR count). The second kappa shape index (κ2) is 5.35. The molecule has 3 nitrogen and oxygen atoms in total. The van der Waals surface area contributed by atoms with Gasteiger partial charge < -0.3 is 0 Å². The smallest absolute Gasteiger partial charge is 0.151 e. The topological polar surface area (TPSA) is 37.3 Å². The number of nitrogens with one attached hydrogen (secondary N) is 1. The normalized spacial score (nSPS) is 11.4. The molecular formula is C13H11F2N3.